The normalized spacial score (nSPS) is 12.4. The van der Waals surface area contributed by atoms with Crippen LogP contribution in [0.4, 0.5) is 5.69 Å². The van der Waals surface area contributed by atoms with Crippen molar-refractivity contribution in [3.05, 3.63) is 59.2 Å². The summed E-state index contributed by atoms with van der Waals surface area (Å²) >= 11 is 0. The lowest BCUT2D eigenvalue weighted by Crippen LogP contribution is -2.11. The molecule has 0 heterocycles. The van der Waals surface area contributed by atoms with Gasteiger partial charge < -0.3 is 15.3 Å². The minimum Gasteiger partial charge on any atom is -0.508 e. The van der Waals surface area contributed by atoms with Crippen LogP contribution in [0.3, 0.4) is 0 Å². The van der Waals surface area contributed by atoms with Gasteiger partial charge in [-0.15, -0.1) is 0 Å². The average molecular weight is 284 g/mol. The van der Waals surface area contributed by atoms with Gasteiger partial charge in [-0.3, -0.25) is 0 Å². The van der Waals surface area contributed by atoms with Crippen molar-refractivity contribution >= 4 is 5.69 Å². The second-order valence-electron chi connectivity index (χ2n) is 5.86. The fourth-order valence-corrected chi connectivity index (χ4v) is 2.42. The third-order valence-corrected chi connectivity index (χ3v) is 3.49. The predicted octanol–water partition coefficient (Wildman–Crippen LogP) is 3.94. The smallest absolute Gasteiger partial charge is 0.121 e. The van der Waals surface area contributed by atoms with Crippen molar-refractivity contribution in [1.82, 2.24) is 4.90 Å². The van der Waals surface area contributed by atoms with E-state index >= 15 is 0 Å². The second kappa shape index (κ2) is 6.64. The highest BCUT2D eigenvalue weighted by atomic mass is 16.3. The summed E-state index contributed by atoms with van der Waals surface area (Å²) in [5, 5.41) is 13.5. The van der Waals surface area contributed by atoms with Crippen molar-refractivity contribution in [2.24, 2.45) is 0 Å². The molecule has 0 amide bonds. The number of aryl methyl sites for hydroxylation is 1. The zero-order valence-electron chi connectivity index (χ0n) is 13.2. The number of aromatic hydroxyl groups is 1. The maximum absolute atomic E-state index is 10.0. The third-order valence-electron chi connectivity index (χ3n) is 3.49. The molecule has 0 saturated heterocycles. The summed E-state index contributed by atoms with van der Waals surface area (Å²) < 4.78 is 0. The molecule has 0 spiro atoms. The van der Waals surface area contributed by atoms with Gasteiger partial charge in [0.1, 0.15) is 5.75 Å². The molecule has 0 saturated carbocycles. The SMILES string of the molecule is Cc1ccc(C(C)Nc2ccc(CN(C)C)cc2)c(O)c1. The predicted molar refractivity (Wildman–Crippen MR) is 88.7 cm³/mol. The lowest BCUT2D eigenvalue weighted by Gasteiger charge is -2.18. The van der Waals surface area contributed by atoms with Crippen LogP contribution in [0.5, 0.6) is 5.75 Å². The van der Waals surface area contributed by atoms with Crippen molar-refractivity contribution in [1.29, 1.82) is 0 Å². The summed E-state index contributed by atoms with van der Waals surface area (Å²) in [5.41, 5.74) is 4.33. The molecule has 3 heteroatoms. The van der Waals surface area contributed by atoms with E-state index in [1.54, 1.807) is 6.07 Å². The Balaban J connectivity index is 2.06. The maximum atomic E-state index is 10.0. The van der Waals surface area contributed by atoms with Crippen LogP contribution < -0.4 is 5.32 Å². The lowest BCUT2D eigenvalue weighted by molar-refractivity contribution is 0.402. The van der Waals surface area contributed by atoms with Crippen LogP contribution in [0, 0.1) is 6.92 Å². The Morgan fingerprint density at radius 2 is 1.76 bits per heavy atom. The van der Waals surface area contributed by atoms with E-state index in [2.05, 4.69) is 55.5 Å². The molecule has 0 aliphatic rings. The quantitative estimate of drug-likeness (QED) is 0.873. The molecule has 2 N–H and O–H groups in total. The first-order chi connectivity index (χ1) is 9.95. The van der Waals surface area contributed by atoms with Crippen LogP contribution >= 0.6 is 0 Å². The summed E-state index contributed by atoms with van der Waals surface area (Å²) in [4.78, 5) is 2.15. The van der Waals surface area contributed by atoms with E-state index in [4.69, 9.17) is 0 Å². The van der Waals surface area contributed by atoms with Crippen molar-refractivity contribution in [2.75, 3.05) is 19.4 Å². The number of benzene rings is 2. The largest absolute Gasteiger partial charge is 0.508 e. The van der Waals surface area contributed by atoms with E-state index in [1.807, 2.05) is 19.1 Å². The molecule has 2 aromatic rings. The van der Waals surface area contributed by atoms with Crippen molar-refractivity contribution < 1.29 is 5.11 Å². The molecule has 0 aromatic heterocycles. The van der Waals surface area contributed by atoms with Crippen LogP contribution in [0.1, 0.15) is 29.7 Å². The minimum atomic E-state index is 0.0605. The molecule has 0 radical (unpaired) electrons. The molecule has 2 rings (SSSR count). The number of nitrogens with zero attached hydrogens (tertiary/aromatic N) is 1. The van der Waals surface area contributed by atoms with E-state index in [-0.39, 0.29) is 6.04 Å². The average Bonchev–Trinajstić information content (AvgIpc) is 2.40. The van der Waals surface area contributed by atoms with Gasteiger partial charge in [-0.25, -0.2) is 0 Å². The number of phenols is 1. The van der Waals surface area contributed by atoms with Gasteiger partial charge in [0.2, 0.25) is 0 Å². The van der Waals surface area contributed by atoms with Gasteiger partial charge in [-0.2, -0.15) is 0 Å². The number of nitrogens with one attached hydrogen (secondary N) is 1. The number of rotatable bonds is 5. The monoisotopic (exact) mass is 284 g/mol. The molecule has 2 aromatic carbocycles. The van der Waals surface area contributed by atoms with Crippen molar-refractivity contribution in [2.45, 2.75) is 26.4 Å². The van der Waals surface area contributed by atoms with E-state index in [1.165, 1.54) is 5.56 Å². The van der Waals surface area contributed by atoms with E-state index < -0.39 is 0 Å². The molecule has 0 bridgehead atoms. The molecule has 0 aliphatic heterocycles. The first kappa shape index (κ1) is 15.4. The van der Waals surface area contributed by atoms with Crippen LogP contribution in [-0.2, 0) is 6.54 Å². The Hall–Kier alpha value is -2.00. The zero-order valence-corrected chi connectivity index (χ0v) is 13.2. The van der Waals surface area contributed by atoms with Crippen molar-refractivity contribution in [3.63, 3.8) is 0 Å². The highest BCUT2D eigenvalue weighted by Gasteiger charge is 2.10. The molecular weight excluding hydrogens is 260 g/mol. The van der Waals surface area contributed by atoms with Gasteiger partial charge in [0, 0.05) is 17.8 Å². The van der Waals surface area contributed by atoms with Crippen molar-refractivity contribution in [3.8, 4) is 5.75 Å². The highest BCUT2D eigenvalue weighted by molar-refractivity contribution is 5.49. The topological polar surface area (TPSA) is 35.5 Å². The van der Waals surface area contributed by atoms with E-state index in [9.17, 15) is 5.11 Å². The lowest BCUT2D eigenvalue weighted by atomic mass is 10.0. The molecule has 0 aliphatic carbocycles. The van der Waals surface area contributed by atoms with Crippen LogP contribution in [-0.4, -0.2) is 24.1 Å². The molecule has 1 atom stereocenters. The fraction of sp³-hybridized carbons (Fsp3) is 0.333. The van der Waals surface area contributed by atoms with Gasteiger partial charge in [-0.05, 0) is 57.3 Å². The molecule has 3 nitrogen and oxygen atoms in total. The highest BCUT2D eigenvalue weighted by Crippen LogP contribution is 2.27. The summed E-state index contributed by atoms with van der Waals surface area (Å²) in [6, 6.07) is 14.3. The van der Waals surface area contributed by atoms with Crippen LogP contribution in [0.15, 0.2) is 42.5 Å². The van der Waals surface area contributed by atoms with Gasteiger partial charge in [0.15, 0.2) is 0 Å². The Kier molecular flexibility index (Phi) is 4.86. The Bertz CT molecular complexity index is 591. The summed E-state index contributed by atoms with van der Waals surface area (Å²) in [6.45, 7) is 4.97. The third kappa shape index (κ3) is 4.23. The summed E-state index contributed by atoms with van der Waals surface area (Å²) in [6.07, 6.45) is 0. The molecule has 0 fully saturated rings. The van der Waals surface area contributed by atoms with Gasteiger partial charge in [0.05, 0.1) is 6.04 Å². The summed E-state index contributed by atoms with van der Waals surface area (Å²) in [7, 11) is 4.13. The number of hydrogen-bond acceptors (Lipinski definition) is 3. The van der Waals surface area contributed by atoms with Gasteiger partial charge in [-0.1, -0.05) is 24.3 Å². The number of phenolic OH excluding ortho intramolecular Hbond substituents is 1. The fourth-order valence-electron chi connectivity index (χ4n) is 2.42. The second-order valence-corrected chi connectivity index (χ2v) is 5.86. The van der Waals surface area contributed by atoms with Gasteiger partial charge in [0.25, 0.3) is 0 Å². The van der Waals surface area contributed by atoms with Crippen LogP contribution in [0.25, 0.3) is 0 Å². The Labute approximate surface area is 127 Å². The minimum absolute atomic E-state index is 0.0605. The van der Waals surface area contributed by atoms with Crippen LogP contribution in [0.2, 0.25) is 0 Å². The molecule has 21 heavy (non-hydrogen) atoms. The Morgan fingerprint density at radius 1 is 1.10 bits per heavy atom. The molecule has 112 valence electrons. The van der Waals surface area contributed by atoms with E-state index in [0.29, 0.717) is 5.75 Å². The zero-order chi connectivity index (χ0) is 15.4. The first-order valence-corrected chi connectivity index (χ1v) is 7.25. The number of anilines is 1. The standard InChI is InChI=1S/C18H24N2O/c1-13-5-10-17(18(21)11-13)14(2)19-16-8-6-15(7-9-16)12-20(3)4/h5-11,14,19,21H,12H2,1-4H3. The maximum Gasteiger partial charge on any atom is 0.121 e. The first-order valence-electron chi connectivity index (χ1n) is 7.25. The number of hydrogen-bond donors (Lipinski definition) is 2. The Morgan fingerprint density at radius 3 is 2.33 bits per heavy atom. The van der Waals surface area contributed by atoms with E-state index in [0.717, 1.165) is 23.4 Å². The summed E-state index contributed by atoms with van der Waals surface area (Å²) in [5.74, 6) is 0.347. The van der Waals surface area contributed by atoms with Gasteiger partial charge >= 0.3 is 0 Å². The molecule has 1 unspecified atom stereocenters. The molecular formula is C18H24N2O.